The van der Waals surface area contributed by atoms with Crippen LogP contribution in [0, 0.1) is 34.8 Å². The molecule has 0 atom stereocenters. The van der Waals surface area contributed by atoms with Gasteiger partial charge in [0, 0.05) is 5.41 Å². The van der Waals surface area contributed by atoms with Gasteiger partial charge in [-0.25, -0.2) is 13.6 Å². The quantitative estimate of drug-likeness (QED) is 0.644. The van der Waals surface area contributed by atoms with E-state index in [1.54, 1.807) is 0 Å². The molecule has 4 aliphatic carbocycles. The molecule has 0 aliphatic heterocycles. The van der Waals surface area contributed by atoms with E-state index in [9.17, 15) is 18.4 Å². The summed E-state index contributed by atoms with van der Waals surface area (Å²) in [6.45, 7) is 0.0487. The smallest absolute Gasteiger partial charge is 0.344 e. The van der Waals surface area contributed by atoms with Crippen LogP contribution in [0.2, 0.25) is 0 Å². The molecule has 1 aromatic rings. The van der Waals surface area contributed by atoms with Gasteiger partial charge in [-0.3, -0.25) is 4.79 Å². The van der Waals surface area contributed by atoms with Gasteiger partial charge in [-0.1, -0.05) is 6.07 Å². The minimum Gasteiger partial charge on any atom is -0.460 e. The molecule has 4 fully saturated rings. The minimum atomic E-state index is -1.05. The molecule has 0 spiro atoms. The fourth-order valence-corrected chi connectivity index (χ4v) is 5.65. The zero-order valence-corrected chi connectivity index (χ0v) is 14.6. The molecule has 4 aliphatic rings. The van der Waals surface area contributed by atoms with Gasteiger partial charge in [-0.05, 0) is 68.4 Å². The average Bonchev–Trinajstić information content (AvgIpc) is 2.57. The number of carbonyl (C=O) groups excluding carboxylic acids is 2. The van der Waals surface area contributed by atoms with Crippen molar-refractivity contribution >= 4 is 11.9 Å². The van der Waals surface area contributed by atoms with Crippen LogP contribution in [0.5, 0.6) is 0 Å². The molecule has 4 nitrogen and oxygen atoms in total. The summed E-state index contributed by atoms with van der Waals surface area (Å²) in [7, 11) is 0. The summed E-state index contributed by atoms with van der Waals surface area (Å²) >= 11 is 0. The molecule has 0 aromatic heterocycles. The SMILES string of the molecule is O=C(OCCNC(=O)C12CC3CC(CC(C3)C1)C2)c1c(F)cccc1F. The van der Waals surface area contributed by atoms with Gasteiger partial charge in [-0.2, -0.15) is 0 Å². The molecule has 26 heavy (non-hydrogen) atoms. The number of rotatable bonds is 5. The summed E-state index contributed by atoms with van der Waals surface area (Å²) in [6, 6.07) is 3.20. The second-order valence-corrected chi connectivity index (χ2v) is 8.19. The van der Waals surface area contributed by atoms with Crippen LogP contribution in [0.3, 0.4) is 0 Å². The Kier molecular flexibility index (Phi) is 4.45. The summed E-state index contributed by atoms with van der Waals surface area (Å²) in [5.74, 6) is -0.883. The van der Waals surface area contributed by atoms with Gasteiger partial charge in [-0.15, -0.1) is 0 Å². The molecule has 5 rings (SSSR count). The molecule has 6 heteroatoms. The topological polar surface area (TPSA) is 55.4 Å². The summed E-state index contributed by atoms with van der Waals surface area (Å²) in [4.78, 5) is 24.6. The predicted molar refractivity (Wildman–Crippen MR) is 90.3 cm³/mol. The van der Waals surface area contributed by atoms with Crippen molar-refractivity contribution in [3.05, 3.63) is 35.4 Å². The van der Waals surface area contributed by atoms with Gasteiger partial charge in [0.25, 0.3) is 0 Å². The number of halogens is 2. The Labute approximate surface area is 151 Å². The largest absolute Gasteiger partial charge is 0.460 e. The molecule has 0 radical (unpaired) electrons. The van der Waals surface area contributed by atoms with E-state index in [1.165, 1.54) is 25.3 Å². The van der Waals surface area contributed by atoms with Crippen molar-refractivity contribution in [3.8, 4) is 0 Å². The van der Waals surface area contributed by atoms with Crippen molar-refractivity contribution in [1.29, 1.82) is 0 Å². The Morgan fingerprint density at radius 3 is 2.12 bits per heavy atom. The summed E-state index contributed by atoms with van der Waals surface area (Å²) < 4.78 is 32.0. The first kappa shape index (κ1) is 17.4. The van der Waals surface area contributed by atoms with Crippen LogP contribution < -0.4 is 5.32 Å². The van der Waals surface area contributed by atoms with Crippen molar-refractivity contribution in [1.82, 2.24) is 5.32 Å². The third-order valence-electron chi connectivity index (χ3n) is 6.31. The molecule has 140 valence electrons. The number of hydrogen-bond donors (Lipinski definition) is 1. The zero-order chi connectivity index (χ0) is 18.3. The number of nitrogens with one attached hydrogen (secondary N) is 1. The number of ether oxygens (including phenoxy) is 1. The second-order valence-electron chi connectivity index (χ2n) is 8.19. The molecule has 0 saturated heterocycles. The first-order valence-corrected chi connectivity index (χ1v) is 9.36. The van der Waals surface area contributed by atoms with Crippen molar-refractivity contribution in [2.75, 3.05) is 13.2 Å². The summed E-state index contributed by atoms with van der Waals surface area (Å²) in [6.07, 6.45) is 6.68. The van der Waals surface area contributed by atoms with E-state index >= 15 is 0 Å². The number of carbonyl (C=O) groups is 2. The van der Waals surface area contributed by atoms with E-state index in [0.717, 1.165) is 31.4 Å². The maximum atomic E-state index is 13.6. The Morgan fingerprint density at radius 2 is 1.58 bits per heavy atom. The molecule has 1 amide bonds. The van der Waals surface area contributed by atoms with Gasteiger partial charge in [0.05, 0.1) is 6.54 Å². The predicted octanol–water partition coefficient (Wildman–Crippen LogP) is 3.45. The Hall–Kier alpha value is -1.98. The third-order valence-corrected chi connectivity index (χ3v) is 6.31. The van der Waals surface area contributed by atoms with Crippen LogP contribution in [0.15, 0.2) is 18.2 Å². The lowest BCUT2D eigenvalue weighted by Gasteiger charge is -2.55. The normalized spacial score (nSPS) is 31.7. The minimum absolute atomic E-state index is 0.0460. The van der Waals surface area contributed by atoms with E-state index in [-0.39, 0.29) is 24.5 Å². The van der Waals surface area contributed by atoms with Crippen molar-refractivity contribution in [2.45, 2.75) is 38.5 Å². The first-order valence-electron chi connectivity index (χ1n) is 9.36. The lowest BCUT2D eigenvalue weighted by molar-refractivity contribution is -0.146. The number of benzene rings is 1. The third kappa shape index (κ3) is 3.10. The van der Waals surface area contributed by atoms with E-state index in [0.29, 0.717) is 17.8 Å². The summed E-state index contributed by atoms with van der Waals surface area (Å²) in [5, 5.41) is 2.87. The van der Waals surface area contributed by atoms with Gasteiger partial charge in [0.1, 0.15) is 23.8 Å². The van der Waals surface area contributed by atoms with Crippen LogP contribution in [-0.4, -0.2) is 25.0 Å². The number of amides is 1. The van der Waals surface area contributed by atoms with Crippen molar-refractivity contribution in [3.63, 3.8) is 0 Å². The van der Waals surface area contributed by atoms with E-state index in [4.69, 9.17) is 4.74 Å². The lowest BCUT2D eigenvalue weighted by atomic mass is 9.49. The molecular weight excluding hydrogens is 340 g/mol. The van der Waals surface area contributed by atoms with Crippen LogP contribution in [0.25, 0.3) is 0 Å². The molecule has 4 saturated carbocycles. The van der Waals surface area contributed by atoms with Crippen LogP contribution in [0.1, 0.15) is 48.9 Å². The van der Waals surface area contributed by atoms with Crippen LogP contribution >= 0.6 is 0 Å². The first-order chi connectivity index (χ1) is 12.5. The van der Waals surface area contributed by atoms with Gasteiger partial charge in [0.2, 0.25) is 5.91 Å². The molecule has 0 unspecified atom stereocenters. The van der Waals surface area contributed by atoms with E-state index < -0.39 is 23.2 Å². The molecule has 1 aromatic carbocycles. The standard InChI is InChI=1S/C20H23F2NO3/c21-15-2-1-3-16(22)17(15)18(24)26-5-4-23-19(25)20-9-12-6-13(10-20)8-14(7-12)11-20/h1-3,12-14H,4-11H2,(H,23,25). The molecule has 0 heterocycles. The average molecular weight is 363 g/mol. The highest BCUT2D eigenvalue weighted by Gasteiger charge is 2.54. The van der Waals surface area contributed by atoms with Crippen LogP contribution in [-0.2, 0) is 9.53 Å². The van der Waals surface area contributed by atoms with Crippen LogP contribution in [0.4, 0.5) is 8.78 Å². The fourth-order valence-electron chi connectivity index (χ4n) is 5.65. The van der Waals surface area contributed by atoms with Gasteiger partial charge < -0.3 is 10.1 Å². The number of hydrogen-bond acceptors (Lipinski definition) is 3. The van der Waals surface area contributed by atoms with Gasteiger partial charge in [0.15, 0.2) is 0 Å². The Morgan fingerprint density at radius 1 is 1.04 bits per heavy atom. The second kappa shape index (κ2) is 6.63. The molecule has 1 N–H and O–H groups in total. The molecule has 4 bridgehead atoms. The highest BCUT2D eigenvalue weighted by Crippen LogP contribution is 2.60. The maximum absolute atomic E-state index is 13.6. The van der Waals surface area contributed by atoms with Gasteiger partial charge >= 0.3 is 5.97 Å². The fraction of sp³-hybridized carbons (Fsp3) is 0.600. The monoisotopic (exact) mass is 363 g/mol. The van der Waals surface area contributed by atoms with E-state index in [1.807, 2.05) is 0 Å². The van der Waals surface area contributed by atoms with Crippen molar-refractivity contribution in [2.24, 2.45) is 23.2 Å². The Balaban J connectivity index is 1.29. The molecular formula is C20H23F2NO3. The Bertz CT molecular complexity index is 678. The highest BCUT2D eigenvalue weighted by molar-refractivity contribution is 5.90. The highest BCUT2D eigenvalue weighted by atomic mass is 19.1. The number of esters is 1. The zero-order valence-electron chi connectivity index (χ0n) is 14.6. The summed E-state index contributed by atoms with van der Waals surface area (Å²) in [5.41, 5.74) is -0.948. The maximum Gasteiger partial charge on any atom is 0.344 e. The van der Waals surface area contributed by atoms with E-state index in [2.05, 4.69) is 5.32 Å². The lowest BCUT2D eigenvalue weighted by Crippen LogP contribution is -2.54. The van der Waals surface area contributed by atoms with Crippen molar-refractivity contribution < 1.29 is 23.1 Å².